The van der Waals surface area contributed by atoms with Gasteiger partial charge in [-0.2, -0.15) is 5.10 Å². The average Bonchev–Trinajstić information content (AvgIpc) is 2.42. The summed E-state index contributed by atoms with van der Waals surface area (Å²) in [5, 5.41) is 10.0. The molecule has 0 radical (unpaired) electrons. The molecule has 1 heterocycles. The highest BCUT2D eigenvalue weighted by Gasteiger charge is 2.11. The lowest BCUT2D eigenvalue weighted by atomic mass is 10.2. The van der Waals surface area contributed by atoms with E-state index in [4.69, 9.17) is 0 Å². The third kappa shape index (κ3) is 2.79. The standard InChI is InChI=1S/C10H18N4O/c1-7-8(2)13-14(4)10(7)12-9(15)5-6-11-3/h11H,5-6H2,1-4H3,(H,12,15). The van der Waals surface area contributed by atoms with Gasteiger partial charge in [-0.3, -0.25) is 9.48 Å². The van der Waals surface area contributed by atoms with Crippen LogP contribution in [0.15, 0.2) is 0 Å². The van der Waals surface area contributed by atoms with Crippen LogP contribution in [0.5, 0.6) is 0 Å². The molecule has 0 bridgehead atoms. The van der Waals surface area contributed by atoms with Crippen molar-refractivity contribution >= 4 is 11.7 Å². The molecule has 1 amide bonds. The topological polar surface area (TPSA) is 59.0 Å². The quantitative estimate of drug-likeness (QED) is 0.764. The highest BCUT2D eigenvalue weighted by molar-refractivity contribution is 5.90. The molecule has 0 fully saturated rings. The number of nitrogens with one attached hydrogen (secondary N) is 2. The fourth-order valence-electron chi connectivity index (χ4n) is 1.37. The summed E-state index contributed by atoms with van der Waals surface area (Å²) in [5.41, 5.74) is 1.97. The van der Waals surface area contributed by atoms with Gasteiger partial charge in [-0.25, -0.2) is 0 Å². The Balaban J connectivity index is 2.68. The van der Waals surface area contributed by atoms with Crippen LogP contribution in [0.1, 0.15) is 17.7 Å². The van der Waals surface area contributed by atoms with Crippen molar-refractivity contribution < 1.29 is 4.79 Å². The van der Waals surface area contributed by atoms with E-state index in [2.05, 4.69) is 15.7 Å². The molecule has 0 atom stereocenters. The van der Waals surface area contributed by atoms with Crippen LogP contribution < -0.4 is 10.6 Å². The summed E-state index contributed by atoms with van der Waals surface area (Å²) in [6, 6.07) is 0. The van der Waals surface area contributed by atoms with Gasteiger partial charge in [0.2, 0.25) is 5.91 Å². The van der Waals surface area contributed by atoms with Crippen LogP contribution in [0.4, 0.5) is 5.82 Å². The van der Waals surface area contributed by atoms with Crippen molar-refractivity contribution in [2.45, 2.75) is 20.3 Å². The van der Waals surface area contributed by atoms with Gasteiger partial charge >= 0.3 is 0 Å². The van der Waals surface area contributed by atoms with Crippen LogP contribution >= 0.6 is 0 Å². The Morgan fingerprint density at radius 3 is 2.60 bits per heavy atom. The number of rotatable bonds is 4. The number of hydrogen-bond donors (Lipinski definition) is 2. The summed E-state index contributed by atoms with van der Waals surface area (Å²) in [7, 11) is 3.65. The van der Waals surface area contributed by atoms with Gasteiger partial charge in [-0.15, -0.1) is 0 Å². The van der Waals surface area contributed by atoms with Gasteiger partial charge < -0.3 is 10.6 Å². The van der Waals surface area contributed by atoms with E-state index in [1.54, 1.807) is 4.68 Å². The lowest BCUT2D eigenvalue weighted by molar-refractivity contribution is -0.116. The normalized spacial score (nSPS) is 10.4. The predicted molar refractivity (Wildman–Crippen MR) is 59.9 cm³/mol. The van der Waals surface area contributed by atoms with Crippen molar-refractivity contribution in [2.75, 3.05) is 18.9 Å². The number of hydrogen-bond acceptors (Lipinski definition) is 3. The average molecular weight is 210 g/mol. The van der Waals surface area contributed by atoms with Crippen molar-refractivity contribution in [1.82, 2.24) is 15.1 Å². The number of aryl methyl sites for hydroxylation is 2. The third-order valence-corrected chi connectivity index (χ3v) is 2.38. The van der Waals surface area contributed by atoms with Gasteiger partial charge in [0.15, 0.2) is 0 Å². The number of carbonyl (C=O) groups excluding carboxylic acids is 1. The van der Waals surface area contributed by atoms with E-state index in [9.17, 15) is 4.79 Å². The fraction of sp³-hybridized carbons (Fsp3) is 0.600. The highest BCUT2D eigenvalue weighted by atomic mass is 16.1. The number of carbonyl (C=O) groups is 1. The second-order valence-electron chi connectivity index (χ2n) is 3.58. The van der Waals surface area contributed by atoms with Gasteiger partial charge in [-0.1, -0.05) is 0 Å². The highest BCUT2D eigenvalue weighted by Crippen LogP contribution is 2.16. The maximum atomic E-state index is 11.5. The number of nitrogens with zero attached hydrogens (tertiary/aromatic N) is 2. The Bertz CT molecular complexity index is 357. The van der Waals surface area contributed by atoms with Crippen molar-refractivity contribution in [2.24, 2.45) is 7.05 Å². The van der Waals surface area contributed by atoms with Crippen molar-refractivity contribution in [1.29, 1.82) is 0 Å². The molecular formula is C10H18N4O. The minimum atomic E-state index is 0.00968. The summed E-state index contributed by atoms with van der Waals surface area (Å²) in [6.45, 7) is 4.57. The van der Waals surface area contributed by atoms with E-state index in [1.165, 1.54) is 0 Å². The zero-order valence-electron chi connectivity index (χ0n) is 9.72. The second-order valence-corrected chi connectivity index (χ2v) is 3.58. The maximum absolute atomic E-state index is 11.5. The summed E-state index contributed by atoms with van der Waals surface area (Å²) in [5.74, 6) is 0.795. The van der Waals surface area contributed by atoms with Crippen molar-refractivity contribution in [3.63, 3.8) is 0 Å². The minimum absolute atomic E-state index is 0.00968. The molecule has 15 heavy (non-hydrogen) atoms. The molecule has 5 heteroatoms. The van der Waals surface area contributed by atoms with Crippen LogP contribution in [0.2, 0.25) is 0 Å². The first-order valence-electron chi connectivity index (χ1n) is 5.01. The molecule has 5 nitrogen and oxygen atoms in total. The predicted octanol–water partition coefficient (Wildman–Crippen LogP) is 0.585. The van der Waals surface area contributed by atoms with Crippen LogP contribution in [0.3, 0.4) is 0 Å². The molecule has 0 aliphatic carbocycles. The second kappa shape index (κ2) is 4.93. The first kappa shape index (κ1) is 11.7. The van der Waals surface area contributed by atoms with E-state index >= 15 is 0 Å². The summed E-state index contributed by atoms with van der Waals surface area (Å²) in [6.07, 6.45) is 0.472. The maximum Gasteiger partial charge on any atom is 0.226 e. The molecule has 0 aliphatic heterocycles. The Morgan fingerprint density at radius 1 is 1.47 bits per heavy atom. The van der Waals surface area contributed by atoms with Gasteiger partial charge in [0, 0.05) is 25.6 Å². The first-order valence-corrected chi connectivity index (χ1v) is 5.01. The Morgan fingerprint density at radius 2 is 2.13 bits per heavy atom. The lowest BCUT2D eigenvalue weighted by Gasteiger charge is -2.06. The van der Waals surface area contributed by atoms with Crippen molar-refractivity contribution in [3.05, 3.63) is 11.3 Å². The molecule has 84 valence electrons. The molecule has 1 aromatic heterocycles. The molecule has 0 unspecified atom stereocenters. The lowest BCUT2D eigenvalue weighted by Crippen LogP contribution is -2.20. The Kier molecular flexibility index (Phi) is 3.85. The molecule has 0 saturated heterocycles. The summed E-state index contributed by atoms with van der Waals surface area (Å²) < 4.78 is 1.70. The SMILES string of the molecule is CNCCC(=O)Nc1c(C)c(C)nn1C. The van der Waals surface area contributed by atoms with Crippen LogP contribution in [-0.2, 0) is 11.8 Å². The number of amides is 1. The Labute approximate surface area is 89.9 Å². The van der Waals surface area contributed by atoms with Gasteiger partial charge in [0.1, 0.15) is 5.82 Å². The van der Waals surface area contributed by atoms with E-state index in [1.807, 2.05) is 27.9 Å². The Hall–Kier alpha value is -1.36. The zero-order chi connectivity index (χ0) is 11.4. The zero-order valence-corrected chi connectivity index (χ0v) is 9.72. The largest absolute Gasteiger partial charge is 0.319 e. The van der Waals surface area contributed by atoms with Crippen LogP contribution in [0, 0.1) is 13.8 Å². The minimum Gasteiger partial charge on any atom is -0.319 e. The molecule has 0 saturated carbocycles. The van der Waals surface area contributed by atoms with E-state index in [-0.39, 0.29) is 5.91 Å². The fourth-order valence-corrected chi connectivity index (χ4v) is 1.37. The van der Waals surface area contributed by atoms with Crippen molar-refractivity contribution in [3.8, 4) is 0 Å². The monoisotopic (exact) mass is 210 g/mol. The molecule has 0 aromatic carbocycles. The van der Waals surface area contributed by atoms with E-state index in [0.717, 1.165) is 17.1 Å². The summed E-state index contributed by atoms with van der Waals surface area (Å²) in [4.78, 5) is 11.5. The molecule has 1 rings (SSSR count). The van der Waals surface area contributed by atoms with Crippen LogP contribution in [-0.4, -0.2) is 29.3 Å². The van der Waals surface area contributed by atoms with E-state index < -0.39 is 0 Å². The van der Waals surface area contributed by atoms with Gasteiger partial charge in [-0.05, 0) is 20.9 Å². The molecule has 2 N–H and O–H groups in total. The molecular weight excluding hydrogens is 192 g/mol. The van der Waals surface area contributed by atoms with Gasteiger partial charge in [0.05, 0.1) is 5.69 Å². The third-order valence-electron chi connectivity index (χ3n) is 2.38. The van der Waals surface area contributed by atoms with Gasteiger partial charge in [0.25, 0.3) is 0 Å². The van der Waals surface area contributed by atoms with Crippen LogP contribution in [0.25, 0.3) is 0 Å². The smallest absolute Gasteiger partial charge is 0.226 e. The molecule has 0 aliphatic rings. The molecule has 1 aromatic rings. The van der Waals surface area contributed by atoms with E-state index in [0.29, 0.717) is 13.0 Å². The number of aromatic nitrogens is 2. The first-order chi connectivity index (χ1) is 7.06. The summed E-state index contributed by atoms with van der Waals surface area (Å²) >= 11 is 0. The number of anilines is 1. The molecule has 0 spiro atoms.